The maximum Gasteiger partial charge on any atom is 0.295 e. The van der Waals surface area contributed by atoms with Crippen LogP contribution in [0.15, 0.2) is 78.4 Å². The van der Waals surface area contributed by atoms with E-state index in [1.807, 2.05) is 73.7 Å². The van der Waals surface area contributed by atoms with E-state index in [1.54, 1.807) is 18.1 Å². The summed E-state index contributed by atoms with van der Waals surface area (Å²) in [6.07, 6.45) is 0.553. The topological polar surface area (TPSA) is 76.1 Å². The molecule has 3 aromatic rings. The van der Waals surface area contributed by atoms with E-state index in [9.17, 15) is 14.7 Å². The van der Waals surface area contributed by atoms with Gasteiger partial charge in [-0.2, -0.15) is 0 Å². The van der Waals surface area contributed by atoms with Crippen molar-refractivity contribution in [1.29, 1.82) is 0 Å². The van der Waals surface area contributed by atoms with E-state index in [1.165, 1.54) is 0 Å². The number of hydrogen-bond acceptors (Lipinski definition) is 5. The fourth-order valence-corrected chi connectivity index (χ4v) is 4.83. The van der Waals surface area contributed by atoms with Crippen molar-refractivity contribution in [3.8, 4) is 11.5 Å². The molecule has 1 aliphatic heterocycles. The van der Waals surface area contributed by atoms with Crippen LogP contribution in [0, 0.1) is 0 Å². The predicted molar refractivity (Wildman–Crippen MR) is 148 cm³/mol. The normalized spacial score (nSPS) is 17.1. The Morgan fingerprint density at radius 3 is 2.26 bits per heavy atom. The first kappa shape index (κ1) is 27.0. The van der Waals surface area contributed by atoms with Crippen LogP contribution < -0.4 is 9.47 Å². The van der Waals surface area contributed by atoms with Crippen LogP contribution in [0.1, 0.15) is 56.0 Å². The molecule has 1 N–H and O–H groups in total. The van der Waals surface area contributed by atoms with E-state index in [0.717, 1.165) is 28.2 Å². The Morgan fingerprint density at radius 1 is 0.974 bits per heavy atom. The Labute approximate surface area is 224 Å². The number of Topliss-reactive ketones (excluding diaryl/α,β-unsaturated/α-hetero) is 1. The van der Waals surface area contributed by atoms with Crippen molar-refractivity contribution in [2.75, 3.05) is 20.3 Å². The number of likely N-dealkylation sites (tertiary alicyclic amines) is 1. The second-order valence-corrected chi connectivity index (χ2v) is 10.4. The first-order chi connectivity index (χ1) is 18.2. The summed E-state index contributed by atoms with van der Waals surface area (Å²) < 4.78 is 11.1. The number of rotatable bonds is 8. The lowest BCUT2D eigenvalue weighted by Gasteiger charge is -2.26. The molecule has 38 heavy (non-hydrogen) atoms. The number of ether oxygens (including phenoxy) is 2. The highest BCUT2D eigenvalue weighted by Crippen LogP contribution is 2.41. The van der Waals surface area contributed by atoms with Crippen molar-refractivity contribution >= 4 is 17.4 Å². The van der Waals surface area contributed by atoms with Gasteiger partial charge in [0, 0.05) is 17.7 Å². The molecule has 1 saturated heterocycles. The predicted octanol–water partition coefficient (Wildman–Crippen LogP) is 6.06. The van der Waals surface area contributed by atoms with E-state index in [0.29, 0.717) is 25.1 Å². The summed E-state index contributed by atoms with van der Waals surface area (Å²) in [5.41, 5.74) is 3.01. The summed E-state index contributed by atoms with van der Waals surface area (Å²) in [6.45, 7) is 8.96. The van der Waals surface area contributed by atoms with Crippen molar-refractivity contribution in [3.05, 3.63) is 101 Å². The Kier molecular flexibility index (Phi) is 7.91. The van der Waals surface area contributed by atoms with Crippen molar-refractivity contribution in [2.24, 2.45) is 0 Å². The molecule has 4 rings (SSSR count). The van der Waals surface area contributed by atoms with Gasteiger partial charge in [-0.25, -0.2) is 0 Å². The van der Waals surface area contributed by atoms with E-state index >= 15 is 0 Å². The zero-order valence-electron chi connectivity index (χ0n) is 22.7. The zero-order chi connectivity index (χ0) is 27.4. The molecule has 1 atom stereocenters. The number of carbonyl (C=O) groups is 2. The summed E-state index contributed by atoms with van der Waals surface area (Å²) in [4.78, 5) is 28.3. The second kappa shape index (κ2) is 11.1. The minimum absolute atomic E-state index is 0.0972. The van der Waals surface area contributed by atoms with Gasteiger partial charge in [-0.3, -0.25) is 9.59 Å². The van der Waals surface area contributed by atoms with Crippen molar-refractivity contribution in [3.63, 3.8) is 0 Å². The third kappa shape index (κ3) is 5.44. The van der Waals surface area contributed by atoms with Crippen molar-refractivity contribution in [2.45, 2.75) is 45.6 Å². The van der Waals surface area contributed by atoms with Crippen molar-refractivity contribution in [1.82, 2.24) is 4.90 Å². The Bertz CT molecular complexity index is 1340. The first-order valence-corrected chi connectivity index (χ1v) is 12.9. The summed E-state index contributed by atoms with van der Waals surface area (Å²) in [5.74, 6) is 0.00503. The van der Waals surface area contributed by atoms with Gasteiger partial charge in [-0.15, -0.1) is 0 Å². The zero-order valence-corrected chi connectivity index (χ0v) is 22.7. The van der Waals surface area contributed by atoms with Crippen LogP contribution in [0.3, 0.4) is 0 Å². The molecule has 0 saturated carbocycles. The maximum atomic E-state index is 13.4. The molecular weight excluding hydrogens is 478 g/mol. The van der Waals surface area contributed by atoms with Gasteiger partial charge in [0.05, 0.1) is 25.3 Å². The molecule has 0 aliphatic carbocycles. The standard InChI is InChI=1S/C32H35NO5/c1-6-38-26-17-14-23(20-25(26)32(2,3)4)29(34)27-28(22-10-8-7-9-11-22)33(31(36)30(27)35)19-18-21-12-15-24(37-5)16-13-21/h7-17,20,28,34H,6,18-19H2,1-5H3/b29-27-. The summed E-state index contributed by atoms with van der Waals surface area (Å²) in [7, 11) is 1.61. The van der Waals surface area contributed by atoms with Crippen LogP contribution in [0.2, 0.25) is 0 Å². The lowest BCUT2D eigenvalue weighted by molar-refractivity contribution is -0.139. The molecule has 0 spiro atoms. The molecule has 0 aromatic heterocycles. The highest BCUT2D eigenvalue weighted by atomic mass is 16.5. The number of carbonyl (C=O) groups excluding carboxylic acids is 2. The van der Waals surface area contributed by atoms with Crippen LogP contribution in [-0.4, -0.2) is 42.0 Å². The molecule has 0 radical (unpaired) electrons. The molecule has 198 valence electrons. The van der Waals surface area contributed by atoms with Gasteiger partial charge in [-0.05, 0) is 60.2 Å². The lowest BCUT2D eigenvalue weighted by atomic mass is 9.84. The van der Waals surface area contributed by atoms with Gasteiger partial charge < -0.3 is 19.5 Å². The maximum absolute atomic E-state index is 13.4. The van der Waals surface area contributed by atoms with Gasteiger partial charge in [0.25, 0.3) is 11.7 Å². The van der Waals surface area contributed by atoms with Crippen LogP contribution in [0.4, 0.5) is 0 Å². The molecule has 1 amide bonds. The third-order valence-electron chi connectivity index (χ3n) is 6.82. The highest BCUT2D eigenvalue weighted by Gasteiger charge is 2.45. The smallest absolute Gasteiger partial charge is 0.295 e. The molecular formula is C32H35NO5. The van der Waals surface area contributed by atoms with E-state index < -0.39 is 17.7 Å². The van der Waals surface area contributed by atoms with Gasteiger partial charge in [0.1, 0.15) is 17.3 Å². The third-order valence-corrected chi connectivity index (χ3v) is 6.82. The minimum Gasteiger partial charge on any atom is -0.507 e. The second-order valence-electron chi connectivity index (χ2n) is 10.4. The molecule has 6 nitrogen and oxygen atoms in total. The average Bonchev–Trinajstić information content (AvgIpc) is 3.17. The number of nitrogens with zero attached hydrogens (tertiary/aromatic N) is 1. The number of aliphatic hydroxyl groups is 1. The first-order valence-electron chi connectivity index (χ1n) is 12.9. The van der Waals surface area contributed by atoms with E-state index in [-0.39, 0.29) is 16.7 Å². The number of methoxy groups -OCH3 is 1. The van der Waals surface area contributed by atoms with Gasteiger partial charge in [-0.1, -0.05) is 63.2 Å². The summed E-state index contributed by atoms with van der Waals surface area (Å²) in [6, 6.07) is 21.7. The largest absolute Gasteiger partial charge is 0.507 e. The Balaban J connectivity index is 1.77. The fraction of sp³-hybridized carbons (Fsp3) is 0.312. The van der Waals surface area contributed by atoms with Crippen molar-refractivity contribution < 1.29 is 24.2 Å². The quantitative estimate of drug-likeness (QED) is 0.225. The average molecular weight is 514 g/mol. The Hall–Kier alpha value is -4.06. The number of ketones is 1. The lowest BCUT2D eigenvalue weighted by Crippen LogP contribution is -2.31. The number of hydrogen-bond donors (Lipinski definition) is 1. The van der Waals surface area contributed by atoms with Gasteiger partial charge >= 0.3 is 0 Å². The monoisotopic (exact) mass is 513 g/mol. The molecule has 1 unspecified atom stereocenters. The fourth-order valence-electron chi connectivity index (χ4n) is 4.83. The molecule has 1 fully saturated rings. The highest BCUT2D eigenvalue weighted by molar-refractivity contribution is 6.46. The molecule has 3 aromatic carbocycles. The molecule has 0 bridgehead atoms. The summed E-state index contributed by atoms with van der Waals surface area (Å²) in [5, 5.41) is 11.5. The van der Waals surface area contributed by atoms with Gasteiger partial charge in [0.15, 0.2) is 0 Å². The van der Waals surface area contributed by atoms with E-state index in [2.05, 4.69) is 20.8 Å². The van der Waals surface area contributed by atoms with Crippen LogP contribution in [-0.2, 0) is 21.4 Å². The molecule has 1 heterocycles. The van der Waals surface area contributed by atoms with Crippen LogP contribution in [0.25, 0.3) is 5.76 Å². The minimum atomic E-state index is -0.695. The van der Waals surface area contributed by atoms with E-state index in [4.69, 9.17) is 9.47 Å². The number of benzene rings is 3. The van der Waals surface area contributed by atoms with Crippen LogP contribution in [0.5, 0.6) is 11.5 Å². The molecule has 1 aliphatic rings. The number of aliphatic hydroxyl groups excluding tert-OH is 1. The SMILES string of the molecule is CCOc1ccc(/C(O)=C2/C(=O)C(=O)N(CCc3ccc(OC)cc3)C2c2ccccc2)cc1C(C)(C)C. The number of amides is 1. The van der Waals surface area contributed by atoms with Crippen LogP contribution >= 0.6 is 0 Å². The Morgan fingerprint density at radius 2 is 1.66 bits per heavy atom. The molecule has 6 heteroatoms. The van der Waals surface area contributed by atoms with Gasteiger partial charge in [0.2, 0.25) is 0 Å². The summed E-state index contributed by atoms with van der Waals surface area (Å²) >= 11 is 0.